The molecule has 0 radical (unpaired) electrons. The van der Waals surface area contributed by atoms with Gasteiger partial charge in [-0.25, -0.2) is 15.0 Å². The van der Waals surface area contributed by atoms with Gasteiger partial charge in [-0.3, -0.25) is 0 Å². The van der Waals surface area contributed by atoms with Crippen molar-refractivity contribution < 1.29 is 0 Å². The second-order valence-corrected chi connectivity index (χ2v) is 3.65. The number of aromatic nitrogens is 4. The van der Waals surface area contributed by atoms with Gasteiger partial charge < -0.3 is 4.40 Å². The molecule has 0 unspecified atom stereocenters. The zero-order valence-corrected chi connectivity index (χ0v) is 8.96. The topological polar surface area (TPSA) is 43.1 Å². The maximum Gasteiger partial charge on any atom is 0.156 e. The van der Waals surface area contributed by atoms with Crippen molar-refractivity contribution in [2.75, 3.05) is 0 Å². The van der Waals surface area contributed by atoms with E-state index in [9.17, 15) is 0 Å². The van der Waals surface area contributed by atoms with Crippen LogP contribution in [0.4, 0.5) is 0 Å². The van der Waals surface area contributed by atoms with Crippen LogP contribution < -0.4 is 0 Å². The molecule has 0 fully saturated rings. The van der Waals surface area contributed by atoms with Crippen LogP contribution in [0.25, 0.3) is 17.0 Å². The van der Waals surface area contributed by atoms with Crippen LogP contribution in [0.5, 0.6) is 0 Å². The third kappa shape index (κ3) is 1.44. The van der Waals surface area contributed by atoms with Gasteiger partial charge in [0, 0.05) is 24.8 Å². The molecule has 0 N–H and O–H groups in total. The minimum atomic E-state index is 0.367. The summed E-state index contributed by atoms with van der Waals surface area (Å²) in [4.78, 5) is 12.6. The first-order valence-corrected chi connectivity index (χ1v) is 5.13. The van der Waals surface area contributed by atoms with Gasteiger partial charge in [-0.15, -0.1) is 0 Å². The van der Waals surface area contributed by atoms with Gasteiger partial charge in [0.05, 0.1) is 0 Å². The minimum Gasteiger partial charge on any atom is -0.306 e. The zero-order valence-electron chi connectivity index (χ0n) is 8.21. The van der Waals surface area contributed by atoms with Gasteiger partial charge in [0.2, 0.25) is 0 Å². The number of nitrogens with zero attached hydrogens (tertiary/aromatic N) is 4. The summed E-state index contributed by atoms with van der Waals surface area (Å²) in [5.74, 6) is 0. The summed E-state index contributed by atoms with van der Waals surface area (Å²) >= 11 is 5.96. The molecule has 3 aromatic rings. The van der Waals surface area contributed by atoms with E-state index in [1.165, 1.54) is 0 Å². The van der Waals surface area contributed by atoms with Crippen LogP contribution in [0, 0.1) is 0 Å². The fourth-order valence-corrected chi connectivity index (χ4v) is 1.74. The Morgan fingerprint density at radius 1 is 1.12 bits per heavy atom. The molecule has 0 aliphatic heterocycles. The lowest BCUT2D eigenvalue weighted by molar-refractivity contribution is 1.18. The summed E-state index contributed by atoms with van der Waals surface area (Å²) in [6.45, 7) is 0. The van der Waals surface area contributed by atoms with Gasteiger partial charge in [0.15, 0.2) is 5.15 Å². The van der Waals surface area contributed by atoms with E-state index < -0.39 is 0 Å². The van der Waals surface area contributed by atoms with Gasteiger partial charge in [-0.2, -0.15) is 0 Å². The number of halogens is 1. The second kappa shape index (κ2) is 3.57. The van der Waals surface area contributed by atoms with Crippen LogP contribution in [0.2, 0.25) is 5.15 Å². The lowest BCUT2D eigenvalue weighted by Crippen LogP contribution is -1.86. The molecule has 0 bridgehead atoms. The van der Waals surface area contributed by atoms with E-state index in [0.29, 0.717) is 10.8 Å². The molecule has 3 rings (SSSR count). The Bertz CT molecular complexity index is 614. The molecule has 3 aromatic heterocycles. The number of hydrogen-bond donors (Lipinski definition) is 0. The molecular formula is C11H7ClN4. The van der Waals surface area contributed by atoms with Crippen molar-refractivity contribution in [1.82, 2.24) is 19.4 Å². The van der Waals surface area contributed by atoms with Gasteiger partial charge >= 0.3 is 0 Å². The quantitative estimate of drug-likeness (QED) is 0.645. The molecule has 0 saturated carbocycles. The van der Waals surface area contributed by atoms with E-state index in [1.54, 1.807) is 12.4 Å². The highest BCUT2D eigenvalue weighted by Crippen LogP contribution is 2.22. The van der Waals surface area contributed by atoms with Crippen LogP contribution in [0.15, 0.2) is 43.0 Å². The SMILES string of the molecule is Clc1nccnc1-c1cn2ccccc2n1. The van der Waals surface area contributed by atoms with E-state index in [4.69, 9.17) is 11.6 Å². The summed E-state index contributed by atoms with van der Waals surface area (Å²) in [6, 6.07) is 5.80. The van der Waals surface area contributed by atoms with Crippen LogP contribution in [0.3, 0.4) is 0 Å². The van der Waals surface area contributed by atoms with Crippen LogP contribution in [0.1, 0.15) is 0 Å². The Morgan fingerprint density at radius 3 is 2.81 bits per heavy atom. The van der Waals surface area contributed by atoms with E-state index >= 15 is 0 Å². The monoisotopic (exact) mass is 230 g/mol. The smallest absolute Gasteiger partial charge is 0.156 e. The fraction of sp³-hybridized carbons (Fsp3) is 0. The molecule has 0 spiro atoms. The van der Waals surface area contributed by atoms with E-state index in [1.807, 2.05) is 35.0 Å². The maximum atomic E-state index is 5.96. The molecule has 5 heteroatoms. The first-order valence-electron chi connectivity index (χ1n) is 4.75. The third-order valence-corrected chi connectivity index (χ3v) is 2.54. The number of imidazole rings is 1. The van der Waals surface area contributed by atoms with Crippen molar-refractivity contribution in [2.45, 2.75) is 0 Å². The summed E-state index contributed by atoms with van der Waals surface area (Å²) in [6.07, 6.45) is 6.97. The largest absolute Gasteiger partial charge is 0.306 e. The highest BCUT2D eigenvalue weighted by atomic mass is 35.5. The molecule has 78 valence electrons. The standard InChI is InChI=1S/C11H7ClN4/c12-11-10(13-4-5-14-11)8-7-16-6-2-1-3-9(16)15-8/h1-7H. The average Bonchev–Trinajstić information content (AvgIpc) is 2.73. The number of rotatable bonds is 1. The molecule has 16 heavy (non-hydrogen) atoms. The van der Waals surface area contributed by atoms with Gasteiger partial charge in [0.1, 0.15) is 17.0 Å². The van der Waals surface area contributed by atoms with Crippen LogP contribution >= 0.6 is 11.6 Å². The first kappa shape index (κ1) is 9.30. The van der Waals surface area contributed by atoms with Gasteiger partial charge in [-0.05, 0) is 12.1 Å². The van der Waals surface area contributed by atoms with Crippen molar-refractivity contribution in [3.8, 4) is 11.4 Å². The lowest BCUT2D eigenvalue weighted by Gasteiger charge is -1.95. The summed E-state index contributed by atoms with van der Waals surface area (Å²) in [5, 5.41) is 0.367. The number of fused-ring (bicyclic) bond motifs is 1. The fourth-order valence-electron chi connectivity index (χ4n) is 1.54. The minimum absolute atomic E-state index is 0.367. The molecule has 0 aromatic carbocycles. The Hall–Kier alpha value is -1.94. The molecule has 0 atom stereocenters. The molecule has 3 heterocycles. The normalized spacial score (nSPS) is 10.8. The molecule has 0 aliphatic rings. The van der Waals surface area contributed by atoms with Crippen molar-refractivity contribution >= 4 is 17.2 Å². The summed E-state index contributed by atoms with van der Waals surface area (Å²) < 4.78 is 1.92. The van der Waals surface area contributed by atoms with Crippen LogP contribution in [-0.4, -0.2) is 19.4 Å². The lowest BCUT2D eigenvalue weighted by atomic mass is 10.3. The van der Waals surface area contributed by atoms with Crippen molar-refractivity contribution in [2.24, 2.45) is 0 Å². The molecule has 0 saturated heterocycles. The van der Waals surface area contributed by atoms with Crippen LogP contribution in [-0.2, 0) is 0 Å². The Morgan fingerprint density at radius 2 is 2.00 bits per heavy atom. The highest BCUT2D eigenvalue weighted by Gasteiger charge is 2.09. The van der Waals surface area contributed by atoms with Gasteiger partial charge in [-0.1, -0.05) is 17.7 Å². The Balaban J connectivity index is 2.23. The van der Waals surface area contributed by atoms with Gasteiger partial charge in [0.25, 0.3) is 0 Å². The van der Waals surface area contributed by atoms with E-state index in [0.717, 1.165) is 11.3 Å². The molecular weight excluding hydrogens is 224 g/mol. The molecule has 0 aliphatic carbocycles. The van der Waals surface area contributed by atoms with E-state index in [-0.39, 0.29) is 0 Å². The summed E-state index contributed by atoms with van der Waals surface area (Å²) in [7, 11) is 0. The van der Waals surface area contributed by atoms with Crippen molar-refractivity contribution in [1.29, 1.82) is 0 Å². The molecule has 4 nitrogen and oxygen atoms in total. The van der Waals surface area contributed by atoms with E-state index in [2.05, 4.69) is 15.0 Å². The number of hydrogen-bond acceptors (Lipinski definition) is 3. The maximum absolute atomic E-state index is 5.96. The summed E-state index contributed by atoms with van der Waals surface area (Å²) in [5.41, 5.74) is 2.19. The van der Waals surface area contributed by atoms with Crippen molar-refractivity contribution in [3.63, 3.8) is 0 Å². The predicted molar refractivity (Wildman–Crippen MR) is 61.2 cm³/mol. The van der Waals surface area contributed by atoms with Crippen molar-refractivity contribution in [3.05, 3.63) is 48.1 Å². The Kier molecular flexibility index (Phi) is 2.08. The first-order chi connectivity index (χ1) is 7.84. The number of pyridine rings is 1. The molecule has 0 amide bonds. The predicted octanol–water partition coefficient (Wildman–Crippen LogP) is 2.44. The second-order valence-electron chi connectivity index (χ2n) is 3.29. The highest BCUT2D eigenvalue weighted by molar-refractivity contribution is 6.31. The Labute approximate surface area is 96.6 Å². The zero-order chi connectivity index (χ0) is 11.0. The average molecular weight is 231 g/mol. The third-order valence-electron chi connectivity index (χ3n) is 2.26.